The molecule has 0 aliphatic heterocycles. The standard InChI is InChI=1S/C13H16N2O.H2/c1-9(16)13(14-2)7-10-8-15-12-6-4-3-5-11(10)12;/h3-6,8,13-15H,7H2,1-2H3;1H/t13-;/m0./s1. The smallest absolute Gasteiger partial charge is 0.147 e. The fraction of sp³-hybridized carbons (Fsp3) is 0.308. The van der Waals surface area contributed by atoms with Gasteiger partial charge in [0.2, 0.25) is 0 Å². The average Bonchev–Trinajstić information content (AvgIpc) is 2.69. The minimum absolute atomic E-state index is 0. The van der Waals surface area contributed by atoms with Crippen LogP contribution in [0.1, 0.15) is 13.9 Å². The molecule has 0 bridgehead atoms. The number of para-hydroxylation sites is 1. The number of carbonyl (C=O) groups excluding carboxylic acids is 1. The number of fused-ring (bicyclic) bond motifs is 1. The van der Waals surface area contributed by atoms with Gasteiger partial charge in [-0.15, -0.1) is 0 Å². The maximum atomic E-state index is 11.4. The van der Waals surface area contributed by atoms with Crippen LogP contribution in [-0.2, 0) is 11.2 Å². The van der Waals surface area contributed by atoms with Crippen molar-refractivity contribution >= 4 is 16.7 Å². The third-order valence-electron chi connectivity index (χ3n) is 2.94. The molecular weight excluding hydrogens is 200 g/mol. The summed E-state index contributed by atoms with van der Waals surface area (Å²) in [5.74, 6) is 0.174. The van der Waals surface area contributed by atoms with E-state index in [2.05, 4.69) is 16.4 Å². The van der Waals surface area contributed by atoms with Crippen LogP contribution in [0.4, 0.5) is 0 Å². The van der Waals surface area contributed by atoms with E-state index in [1.54, 1.807) is 6.92 Å². The monoisotopic (exact) mass is 218 g/mol. The summed E-state index contributed by atoms with van der Waals surface area (Å²) >= 11 is 0. The van der Waals surface area contributed by atoms with Crippen molar-refractivity contribution in [2.24, 2.45) is 0 Å². The summed E-state index contributed by atoms with van der Waals surface area (Å²) in [5, 5.41) is 4.24. The molecule has 0 aliphatic rings. The van der Waals surface area contributed by atoms with Gasteiger partial charge >= 0.3 is 0 Å². The highest BCUT2D eigenvalue weighted by molar-refractivity contribution is 5.86. The molecular formula is C13H18N2O. The highest BCUT2D eigenvalue weighted by Gasteiger charge is 2.14. The molecule has 0 radical (unpaired) electrons. The first-order valence-electron chi connectivity index (χ1n) is 5.45. The van der Waals surface area contributed by atoms with Gasteiger partial charge in [-0.2, -0.15) is 0 Å². The number of carbonyl (C=O) groups is 1. The zero-order valence-electron chi connectivity index (χ0n) is 9.58. The summed E-state index contributed by atoms with van der Waals surface area (Å²) in [4.78, 5) is 14.6. The van der Waals surface area contributed by atoms with Gasteiger partial charge in [-0.25, -0.2) is 0 Å². The maximum Gasteiger partial charge on any atom is 0.147 e. The number of hydrogen-bond donors (Lipinski definition) is 2. The molecule has 3 nitrogen and oxygen atoms in total. The molecule has 16 heavy (non-hydrogen) atoms. The van der Waals surface area contributed by atoms with E-state index in [1.165, 1.54) is 10.9 Å². The van der Waals surface area contributed by atoms with Gasteiger partial charge in [0.05, 0.1) is 6.04 Å². The molecule has 3 heteroatoms. The maximum absolute atomic E-state index is 11.4. The van der Waals surface area contributed by atoms with Crippen molar-refractivity contribution in [2.45, 2.75) is 19.4 Å². The number of nitrogens with one attached hydrogen (secondary N) is 2. The number of likely N-dealkylation sites (N-methyl/N-ethyl adjacent to an activating group) is 1. The summed E-state index contributed by atoms with van der Waals surface area (Å²) in [5.41, 5.74) is 2.31. The zero-order valence-corrected chi connectivity index (χ0v) is 9.58. The van der Waals surface area contributed by atoms with Gasteiger partial charge in [-0.05, 0) is 32.0 Å². The molecule has 1 heterocycles. The predicted molar refractivity (Wildman–Crippen MR) is 67.6 cm³/mol. The Labute approximate surface area is 96.3 Å². The number of ketones is 1. The molecule has 0 aliphatic carbocycles. The van der Waals surface area contributed by atoms with Gasteiger partial charge in [-0.3, -0.25) is 4.79 Å². The number of rotatable bonds is 4. The second kappa shape index (κ2) is 4.49. The van der Waals surface area contributed by atoms with E-state index in [-0.39, 0.29) is 13.3 Å². The van der Waals surface area contributed by atoms with Gasteiger partial charge in [0, 0.05) is 18.5 Å². The van der Waals surface area contributed by atoms with Crippen molar-refractivity contribution in [3.05, 3.63) is 36.0 Å². The molecule has 0 amide bonds. The van der Waals surface area contributed by atoms with Crippen molar-refractivity contribution < 1.29 is 6.22 Å². The number of benzene rings is 1. The average molecular weight is 218 g/mol. The Morgan fingerprint density at radius 3 is 2.94 bits per heavy atom. The zero-order chi connectivity index (χ0) is 11.5. The quantitative estimate of drug-likeness (QED) is 0.825. The third-order valence-corrected chi connectivity index (χ3v) is 2.94. The Morgan fingerprint density at radius 2 is 2.25 bits per heavy atom. The van der Waals surface area contributed by atoms with Crippen LogP contribution >= 0.6 is 0 Å². The number of Topliss-reactive ketones (excluding diaryl/α,β-unsaturated/α-hetero) is 1. The fourth-order valence-electron chi connectivity index (χ4n) is 1.97. The molecule has 0 unspecified atom stereocenters. The molecule has 2 N–H and O–H groups in total. The largest absolute Gasteiger partial charge is 0.361 e. The van der Waals surface area contributed by atoms with Gasteiger partial charge in [-0.1, -0.05) is 18.2 Å². The van der Waals surface area contributed by atoms with Crippen LogP contribution in [0.3, 0.4) is 0 Å². The molecule has 2 rings (SSSR count). The van der Waals surface area contributed by atoms with Crippen LogP contribution in [0.2, 0.25) is 0 Å². The molecule has 1 aromatic heterocycles. The number of aromatic amines is 1. The molecule has 0 saturated heterocycles. The second-order valence-electron chi connectivity index (χ2n) is 4.02. The lowest BCUT2D eigenvalue weighted by molar-refractivity contribution is -0.118. The minimum atomic E-state index is -0.0980. The predicted octanol–water partition coefficient (Wildman–Crippen LogP) is 2.13. The Kier molecular flexibility index (Phi) is 3.06. The first-order chi connectivity index (χ1) is 7.72. The van der Waals surface area contributed by atoms with E-state index in [1.807, 2.05) is 31.4 Å². The minimum Gasteiger partial charge on any atom is -0.361 e. The first kappa shape index (κ1) is 10.9. The topological polar surface area (TPSA) is 44.9 Å². The van der Waals surface area contributed by atoms with Gasteiger partial charge in [0.1, 0.15) is 5.78 Å². The van der Waals surface area contributed by atoms with Crippen LogP contribution in [0, 0.1) is 0 Å². The lowest BCUT2D eigenvalue weighted by Gasteiger charge is -2.11. The molecule has 0 spiro atoms. The molecule has 2 aromatic rings. The van der Waals surface area contributed by atoms with Gasteiger partial charge in [0.15, 0.2) is 0 Å². The van der Waals surface area contributed by atoms with Crippen molar-refractivity contribution in [3.63, 3.8) is 0 Å². The summed E-state index contributed by atoms with van der Waals surface area (Å²) in [6, 6.07) is 8.04. The summed E-state index contributed by atoms with van der Waals surface area (Å²) in [6.45, 7) is 1.62. The molecule has 0 fully saturated rings. The van der Waals surface area contributed by atoms with E-state index in [0.717, 1.165) is 11.9 Å². The molecule has 86 valence electrons. The highest BCUT2D eigenvalue weighted by atomic mass is 16.1. The van der Waals surface area contributed by atoms with Gasteiger partial charge < -0.3 is 10.3 Å². The fourth-order valence-corrected chi connectivity index (χ4v) is 1.97. The Bertz CT molecular complexity index is 507. The molecule has 0 saturated carbocycles. The van der Waals surface area contributed by atoms with E-state index >= 15 is 0 Å². The van der Waals surface area contributed by atoms with E-state index in [0.29, 0.717) is 0 Å². The van der Waals surface area contributed by atoms with Gasteiger partial charge in [0.25, 0.3) is 0 Å². The molecule has 1 aromatic carbocycles. The van der Waals surface area contributed by atoms with Crippen molar-refractivity contribution in [1.82, 2.24) is 10.3 Å². The molecule has 1 atom stereocenters. The van der Waals surface area contributed by atoms with E-state index in [4.69, 9.17) is 0 Å². The Balaban J connectivity index is 0.00000144. The number of aromatic nitrogens is 1. The summed E-state index contributed by atoms with van der Waals surface area (Å²) in [6.07, 6.45) is 2.72. The normalized spacial score (nSPS) is 12.9. The Hall–Kier alpha value is -1.61. The lowest BCUT2D eigenvalue weighted by atomic mass is 10.0. The van der Waals surface area contributed by atoms with E-state index < -0.39 is 0 Å². The van der Waals surface area contributed by atoms with Crippen LogP contribution in [0.15, 0.2) is 30.5 Å². The van der Waals surface area contributed by atoms with Crippen molar-refractivity contribution in [3.8, 4) is 0 Å². The van der Waals surface area contributed by atoms with Crippen LogP contribution in [-0.4, -0.2) is 23.9 Å². The summed E-state index contributed by atoms with van der Waals surface area (Å²) < 4.78 is 0. The van der Waals surface area contributed by atoms with Crippen molar-refractivity contribution in [1.29, 1.82) is 0 Å². The Morgan fingerprint density at radius 1 is 1.50 bits per heavy atom. The first-order valence-corrected chi connectivity index (χ1v) is 5.45. The van der Waals surface area contributed by atoms with E-state index in [9.17, 15) is 4.79 Å². The highest BCUT2D eigenvalue weighted by Crippen LogP contribution is 2.19. The number of H-pyrrole nitrogens is 1. The SMILES string of the molecule is CN[C@@H](Cc1c[nH]c2ccccc12)C(C)=O.[HH]. The van der Waals surface area contributed by atoms with Crippen LogP contribution < -0.4 is 5.32 Å². The third kappa shape index (κ3) is 1.99. The van der Waals surface area contributed by atoms with Crippen LogP contribution in [0.5, 0.6) is 0 Å². The number of hydrogen-bond acceptors (Lipinski definition) is 2. The lowest BCUT2D eigenvalue weighted by Crippen LogP contribution is -2.34. The second-order valence-corrected chi connectivity index (χ2v) is 4.02. The summed E-state index contributed by atoms with van der Waals surface area (Å²) in [7, 11) is 1.82. The van der Waals surface area contributed by atoms with Crippen LogP contribution in [0.25, 0.3) is 10.9 Å². The van der Waals surface area contributed by atoms with Crippen molar-refractivity contribution in [2.75, 3.05) is 7.05 Å².